The zero-order valence-electron chi connectivity index (χ0n) is 13.8. The van der Waals surface area contributed by atoms with Gasteiger partial charge in [0.15, 0.2) is 5.82 Å². The third-order valence-electron chi connectivity index (χ3n) is 3.36. The molecule has 3 rings (SSSR count). The zero-order chi connectivity index (χ0) is 17.6. The van der Waals surface area contributed by atoms with Crippen LogP contribution in [0.5, 0.6) is 5.75 Å². The lowest BCUT2D eigenvalue weighted by molar-refractivity contribution is 0.0946. The molecule has 0 aliphatic carbocycles. The van der Waals surface area contributed by atoms with E-state index in [0.29, 0.717) is 28.8 Å². The largest absolute Gasteiger partial charge is 0.494 e. The van der Waals surface area contributed by atoms with E-state index in [1.807, 2.05) is 30.5 Å². The van der Waals surface area contributed by atoms with Gasteiger partial charge in [-0.1, -0.05) is 17.3 Å². The van der Waals surface area contributed by atoms with Gasteiger partial charge in [-0.05, 0) is 18.4 Å². The highest BCUT2D eigenvalue weighted by Crippen LogP contribution is 2.21. The fourth-order valence-corrected chi connectivity index (χ4v) is 2.57. The number of benzene rings is 1. The summed E-state index contributed by atoms with van der Waals surface area (Å²) in [6.45, 7) is 0.167. The molecule has 8 nitrogen and oxygen atoms in total. The van der Waals surface area contributed by atoms with E-state index in [4.69, 9.17) is 9.26 Å². The van der Waals surface area contributed by atoms with E-state index >= 15 is 0 Å². The van der Waals surface area contributed by atoms with Crippen molar-refractivity contribution in [1.29, 1.82) is 0 Å². The van der Waals surface area contributed by atoms with E-state index < -0.39 is 0 Å². The number of aromatic nitrogens is 4. The second kappa shape index (κ2) is 7.84. The van der Waals surface area contributed by atoms with Crippen LogP contribution in [-0.2, 0) is 12.3 Å². The van der Waals surface area contributed by atoms with Crippen molar-refractivity contribution in [1.82, 2.24) is 25.2 Å². The molecule has 130 valence electrons. The third-order valence-corrected chi connectivity index (χ3v) is 3.91. The summed E-state index contributed by atoms with van der Waals surface area (Å²) in [5, 5.41) is 10.8. The summed E-state index contributed by atoms with van der Waals surface area (Å²) in [4.78, 5) is 16.5. The molecule has 0 radical (unpaired) electrons. The lowest BCUT2D eigenvalue weighted by atomic mass is 10.3. The van der Waals surface area contributed by atoms with Gasteiger partial charge in [-0.2, -0.15) is 21.8 Å². The Bertz CT molecular complexity index is 861. The molecule has 25 heavy (non-hydrogen) atoms. The number of hydrogen-bond acceptors (Lipinski definition) is 7. The first-order valence-corrected chi connectivity index (χ1v) is 8.87. The molecule has 0 unspecified atom stereocenters. The molecule has 2 aromatic heterocycles. The van der Waals surface area contributed by atoms with Crippen molar-refractivity contribution in [2.45, 2.75) is 12.3 Å². The van der Waals surface area contributed by atoms with E-state index in [9.17, 15) is 4.79 Å². The van der Waals surface area contributed by atoms with E-state index in [1.165, 1.54) is 6.20 Å². The van der Waals surface area contributed by atoms with Gasteiger partial charge in [0, 0.05) is 6.20 Å². The molecule has 0 saturated heterocycles. The number of nitrogens with zero attached hydrogens (tertiary/aromatic N) is 4. The Morgan fingerprint density at radius 3 is 3.04 bits per heavy atom. The van der Waals surface area contributed by atoms with Crippen molar-refractivity contribution >= 4 is 17.7 Å². The molecule has 0 saturated carbocycles. The van der Waals surface area contributed by atoms with Gasteiger partial charge in [0.25, 0.3) is 5.91 Å². The Hall–Kier alpha value is -2.81. The van der Waals surface area contributed by atoms with Gasteiger partial charge in [-0.3, -0.25) is 4.79 Å². The van der Waals surface area contributed by atoms with Crippen molar-refractivity contribution in [3.05, 3.63) is 53.9 Å². The van der Waals surface area contributed by atoms with Crippen molar-refractivity contribution in [2.75, 3.05) is 13.4 Å². The Balaban J connectivity index is 1.66. The SMILES string of the molecule is COc1ccccc1-n1cc(C(=O)NCc2nc(CSC)no2)cn1. The molecule has 1 aromatic carbocycles. The van der Waals surface area contributed by atoms with Gasteiger partial charge in [-0.15, -0.1) is 0 Å². The lowest BCUT2D eigenvalue weighted by Gasteiger charge is -2.07. The Labute approximate surface area is 148 Å². The first-order chi connectivity index (χ1) is 12.2. The molecule has 9 heteroatoms. The molecule has 0 aliphatic heterocycles. The summed E-state index contributed by atoms with van der Waals surface area (Å²) in [5.41, 5.74) is 1.18. The standard InChI is InChI=1S/C16H17N5O3S/c1-23-13-6-4-3-5-12(13)21-9-11(7-18-21)16(22)17-8-15-19-14(10-25-2)20-24-15/h3-7,9H,8,10H2,1-2H3,(H,17,22). The summed E-state index contributed by atoms with van der Waals surface area (Å²) in [6, 6.07) is 7.44. The van der Waals surface area contributed by atoms with Crippen LogP contribution in [0.2, 0.25) is 0 Å². The maximum absolute atomic E-state index is 12.3. The normalized spacial score (nSPS) is 10.6. The summed E-state index contributed by atoms with van der Waals surface area (Å²) in [5.74, 6) is 2.05. The highest BCUT2D eigenvalue weighted by atomic mass is 32.2. The van der Waals surface area contributed by atoms with Gasteiger partial charge in [-0.25, -0.2) is 4.68 Å². The molecular weight excluding hydrogens is 342 g/mol. The zero-order valence-corrected chi connectivity index (χ0v) is 14.6. The molecule has 3 aromatic rings. The van der Waals surface area contributed by atoms with Crippen LogP contribution in [0.15, 0.2) is 41.2 Å². The Morgan fingerprint density at radius 1 is 1.40 bits per heavy atom. The summed E-state index contributed by atoms with van der Waals surface area (Å²) >= 11 is 1.60. The number of amides is 1. The molecule has 1 N–H and O–H groups in total. The minimum atomic E-state index is -0.272. The van der Waals surface area contributed by atoms with Crippen LogP contribution in [0.1, 0.15) is 22.1 Å². The van der Waals surface area contributed by atoms with Crippen LogP contribution in [0.4, 0.5) is 0 Å². The topological polar surface area (TPSA) is 95.1 Å². The number of nitrogens with one attached hydrogen (secondary N) is 1. The van der Waals surface area contributed by atoms with Crippen LogP contribution in [-0.4, -0.2) is 39.2 Å². The molecule has 0 spiro atoms. The van der Waals surface area contributed by atoms with Crippen LogP contribution in [0.3, 0.4) is 0 Å². The van der Waals surface area contributed by atoms with Crippen molar-refractivity contribution in [2.24, 2.45) is 0 Å². The van der Waals surface area contributed by atoms with Crippen molar-refractivity contribution in [3.63, 3.8) is 0 Å². The smallest absolute Gasteiger partial charge is 0.254 e. The monoisotopic (exact) mass is 359 g/mol. The summed E-state index contributed by atoms with van der Waals surface area (Å²) < 4.78 is 12.0. The molecule has 0 fully saturated rings. The van der Waals surface area contributed by atoms with Crippen LogP contribution in [0.25, 0.3) is 5.69 Å². The number of rotatable bonds is 7. The quantitative estimate of drug-likeness (QED) is 0.690. The second-order valence-electron chi connectivity index (χ2n) is 5.07. The molecule has 2 heterocycles. The number of para-hydroxylation sites is 2. The maximum atomic E-state index is 12.3. The first-order valence-electron chi connectivity index (χ1n) is 7.48. The van der Waals surface area contributed by atoms with Crippen molar-refractivity contribution in [3.8, 4) is 11.4 Å². The van der Waals surface area contributed by atoms with Crippen LogP contribution >= 0.6 is 11.8 Å². The average molecular weight is 359 g/mol. The van der Waals surface area contributed by atoms with Gasteiger partial charge in [0.05, 0.1) is 31.2 Å². The second-order valence-corrected chi connectivity index (χ2v) is 5.93. The predicted molar refractivity (Wildman–Crippen MR) is 92.8 cm³/mol. The fourth-order valence-electron chi connectivity index (χ4n) is 2.20. The minimum absolute atomic E-state index is 0.167. The number of hydrogen-bond donors (Lipinski definition) is 1. The maximum Gasteiger partial charge on any atom is 0.254 e. The van der Waals surface area contributed by atoms with E-state index in [-0.39, 0.29) is 12.5 Å². The van der Waals surface area contributed by atoms with Gasteiger partial charge >= 0.3 is 0 Å². The predicted octanol–water partition coefficient (Wildman–Crippen LogP) is 2.06. The third kappa shape index (κ3) is 4.00. The molecule has 1 amide bonds. The number of carbonyl (C=O) groups is 1. The Morgan fingerprint density at radius 2 is 2.24 bits per heavy atom. The molecule has 0 atom stereocenters. The molecule has 0 aliphatic rings. The highest BCUT2D eigenvalue weighted by molar-refractivity contribution is 7.97. The number of ether oxygens (including phenoxy) is 1. The lowest BCUT2D eigenvalue weighted by Crippen LogP contribution is -2.22. The van der Waals surface area contributed by atoms with E-state index in [0.717, 1.165) is 5.69 Å². The average Bonchev–Trinajstić information content (AvgIpc) is 3.29. The van der Waals surface area contributed by atoms with Crippen LogP contribution in [0, 0.1) is 0 Å². The first kappa shape index (κ1) is 17.0. The Kier molecular flexibility index (Phi) is 5.34. The van der Waals surface area contributed by atoms with Crippen LogP contribution < -0.4 is 10.1 Å². The molecular formula is C16H17N5O3S. The minimum Gasteiger partial charge on any atom is -0.494 e. The number of carbonyl (C=O) groups excluding carboxylic acids is 1. The van der Waals surface area contributed by atoms with Gasteiger partial charge in [0.2, 0.25) is 5.89 Å². The van der Waals surface area contributed by atoms with E-state index in [1.54, 1.807) is 29.8 Å². The van der Waals surface area contributed by atoms with Gasteiger partial charge < -0.3 is 14.6 Å². The van der Waals surface area contributed by atoms with Crippen molar-refractivity contribution < 1.29 is 14.1 Å². The highest BCUT2D eigenvalue weighted by Gasteiger charge is 2.13. The number of methoxy groups -OCH3 is 1. The number of thioether (sulfide) groups is 1. The summed E-state index contributed by atoms with van der Waals surface area (Å²) in [6.07, 6.45) is 5.09. The fraction of sp³-hybridized carbons (Fsp3) is 0.250. The van der Waals surface area contributed by atoms with E-state index in [2.05, 4.69) is 20.6 Å². The molecule has 0 bridgehead atoms. The van der Waals surface area contributed by atoms with Gasteiger partial charge in [0.1, 0.15) is 11.4 Å². The summed E-state index contributed by atoms with van der Waals surface area (Å²) in [7, 11) is 1.59.